The molecule has 154 valence electrons. The first-order valence-electron chi connectivity index (χ1n) is 9.54. The van der Waals surface area contributed by atoms with Gasteiger partial charge >= 0.3 is 0 Å². The molecule has 2 aromatic rings. The molecule has 1 atom stereocenters. The maximum absolute atomic E-state index is 13.5. The van der Waals surface area contributed by atoms with Crippen LogP contribution in [0.2, 0.25) is 0 Å². The second-order valence-electron chi connectivity index (χ2n) is 7.46. The predicted molar refractivity (Wildman–Crippen MR) is 107 cm³/mol. The number of nitrogens with one attached hydrogen (secondary N) is 2. The lowest BCUT2D eigenvalue weighted by Crippen LogP contribution is -2.45. The molecule has 8 nitrogen and oxygen atoms in total. The minimum absolute atomic E-state index is 0.0309. The summed E-state index contributed by atoms with van der Waals surface area (Å²) in [5, 5.41) is 6.21. The maximum atomic E-state index is 13.5. The number of carbonyl (C=O) groups is 1. The number of hydrogen-bond acceptors (Lipinski definition) is 7. The lowest BCUT2D eigenvalue weighted by atomic mass is 9.89. The first kappa shape index (κ1) is 19.2. The van der Waals surface area contributed by atoms with Crippen LogP contribution in [0, 0.1) is 12.7 Å². The number of likely N-dealkylation sites (N-methyl/N-ethyl adjacent to an activating group) is 1. The largest absolute Gasteiger partial charge is 0.494 e. The highest BCUT2D eigenvalue weighted by molar-refractivity contribution is 6.03. The summed E-state index contributed by atoms with van der Waals surface area (Å²) < 4.78 is 24.4. The Morgan fingerprint density at radius 2 is 2.07 bits per heavy atom. The molecule has 1 aromatic carbocycles. The van der Waals surface area contributed by atoms with E-state index in [9.17, 15) is 9.18 Å². The summed E-state index contributed by atoms with van der Waals surface area (Å²) in [4.78, 5) is 22.9. The Bertz CT molecular complexity index is 948. The zero-order valence-corrected chi connectivity index (χ0v) is 16.8. The van der Waals surface area contributed by atoms with E-state index < -0.39 is 5.82 Å². The number of carbonyl (C=O) groups excluding carboxylic acids is 1. The lowest BCUT2D eigenvalue weighted by molar-refractivity contribution is -0.117. The van der Waals surface area contributed by atoms with Gasteiger partial charge in [-0.25, -0.2) is 9.37 Å². The molecule has 4 rings (SSSR count). The van der Waals surface area contributed by atoms with Crippen LogP contribution in [-0.2, 0) is 4.79 Å². The van der Waals surface area contributed by atoms with E-state index in [1.54, 1.807) is 12.1 Å². The fraction of sp³-hybridized carbons (Fsp3) is 0.450. The van der Waals surface area contributed by atoms with Gasteiger partial charge in [0.25, 0.3) is 0 Å². The van der Waals surface area contributed by atoms with Gasteiger partial charge in [0, 0.05) is 32.0 Å². The highest BCUT2D eigenvalue weighted by Gasteiger charge is 2.33. The van der Waals surface area contributed by atoms with Crippen LogP contribution in [0.25, 0.3) is 0 Å². The second kappa shape index (κ2) is 7.38. The first-order chi connectivity index (χ1) is 13.9. The SMILES string of the molecule is COc1cc(OC2CC(Nc3nc(C)c4c(n3)N(C)[C@@H](C)C(=O)N4)C2)ccc1F. The molecule has 0 bridgehead atoms. The molecule has 0 saturated heterocycles. The molecule has 1 fully saturated rings. The maximum Gasteiger partial charge on any atom is 0.246 e. The van der Waals surface area contributed by atoms with Gasteiger partial charge in [-0.2, -0.15) is 4.98 Å². The lowest BCUT2D eigenvalue weighted by Gasteiger charge is -2.37. The van der Waals surface area contributed by atoms with Crippen molar-refractivity contribution in [2.45, 2.75) is 44.9 Å². The Hall–Kier alpha value is -3.10. The summed E-state index contributed by atoms with van der Waals surface area (Å²) in [6.07, 6.45) is 1.59. The number of benzene rings is 1. The summed E-state index contributed by atoms with van der Waals surface area (Å²) in [6.45, 7) is 3.69. The summed E-state index contributed by atoms with van der Waals surface area (Å²) in [5.74, 6) is 1.51. The fourth-order valence-corrected chi connectivity index (χ4v) is 3.48. The predicted octanol–water partition coefficient (Wildman–Crippen LogP) is 2.73. The van der Waals surface area contributed by atoms with Crippen molar-refractivity contribution in [2.24, 2.45) is 0 Å². The highest BCUT2D eigenvalue weighted by atomic mass is 19.1. The first-order valence-corrected chi connectivity index (χ1v) is 9.54. The zero-order valence-electron chi connectivity index (χ0n) is 16.8. The molecule has 1 saturated carbocycles. The topological polar surface area (TPSA) is 88.6 Å². The number of halogens is 1. The number of anilines is 3. The Labute approximate surface area is 168 Å². The number of amides is 1. The van der Waals surface area contributed by atoms with Crippen molar-refractivity contribution in [3.05, 3.63) is 29.7 Å². The van der Waals surface area contributed by atoms with Gasteiger partial charge in [0.1, 0.15) is 23.6 Å². The van der Waals surface area contributed by atoms with Crippen LogP contribution in [0.3, 0.4) is 0 Å². The van der Waals surface area contributed by atoms with Crippen molar-refractivity contribution >= 4 is 23.4 Å². The Kier molecular flexibility index (Phi) is 4.89. The Morgan fingerprint density at radius 3 is 2.79 bits per heavy atom. The monoisotopic (exact) mass is 401 g/mol. The van der Waals surface area contributed by atoms with Gasteiger partial charge in [0.05, 0.1) is 12.8 Å². The Balaban J connectivity index is 1.38. The van der Waals surface area contributed by atoms with Crippen molar-refractivity contribution < 1.29 is 18.7 Å². The molecule has 9 heteroatoms. The minimum atomic E-state index is -0.414. The van der Waals surface area contributed by atoms with Crippen molar-refractivity contribution in [1.29, 1.82) is 0 Å². The van der Waals surface area contributed by atoms with Gasteiger partial charge < -0.3 is 25.0 Å². The zero-order chi connectivity index (χ0) is 20.7. The van der Waals surface area contributed by atoms with Gasteiger partial charge in [-0.3, -0.25) is 4.79 Å². The van der Waals surface area contributed by atoms with Crippen molar-refractivity contribution in [2.75, 3.05) is 29.7 Å². The third-order valence-corrected chi connectivity index (χ3v) is 5.47. The summed E-state index contributed by atoms with van der Waals surface area (Å²) in [7, 11) is 3.28. The summed E-state index contributed by atoms with van der Waals surface area (Å²) in [5.41, 5.74) is 1.37. The molecule has 0 spiro atoms. The highest BCUT2D eigenvalue weighted by Crippen LogP contribution is 2.34. The third-order valence-electron chi connectivity index (χ3n) is 5.47. The molecule has 1 amide bonds. The molecular weight excluding hydrogens is 377 g/mol. The van der Waals surface area contributed by atoms with Crippen LogP contribution < -0.4 is 25.0 Å². The van der Waals surface area contributed by atoms with Crippen molar-refractivity contribution in [3.8, 4) is 11.5 Å². The minimum Gasteiger partial charge on any atom is -0.494 e. The third kappa shape index (κ3) is 3.64. The van der Waals surface area contributed by atoms with Gasteiger partial charge in [-0.1, -0.05) is 0 Å². The molecule has 0 unspecified atom stereocenters. The van der Waals surface area contributed by atoms with Crippen LogP contribution >= 0.6 is 0 Å². The second-order valence-corrected chi connectivity index (χ2v) is 7.46. The van der Waals surface area contributed by atoms with E-state index in [1.807, 2.05) is 25.8 Å². The number of rotatable bonds is 5. The Morgan fingerprint density at radius 1 is 1.31 bits per heavy atom. The smallest absolute Gasteiger partial charge is 0.246 e. The number of fused-ring (bicyclic) bond motifs is 1. The quantitative estimate of drug-likeness (QED) is 0.796. The van der Waals surface area contributed by atoms with E-state index in [2.05, 4.69) is 20.6 Å². The van der Waals surface area contributed by atoms with E-state index in [0.29, 0.717) is 23.2 Å². The number of aromatic nitrogens is 2. The van der Waals surface area contributed by atoms with Crippen LogP contribution in [0.15, 0.2) is 18.2 Å². The van der Waals surface area contributed by atoms with E-state index >= 15 is 0 Å². The van der Waals surface area contributed by atoms with E-state index in [0.717, 1.165) is 18.5 Å². The normalized spacial score (nSPS) is 23.0. The standard InChI is InChI=1S/C20H24FN5O3/c1-10-17-18(26(3)11(2)19(27)24-17)25-20(22-10)23-12-7-14(8-12)29-13-5-6-15(21)16(9-13)28-4/h5-6,9,11-12,14H,7-8H2,1-4H3,(H,24,27)(H,22,23,25)/t11-,12?,14?/m0/s1. The average Bonchev–Trinajstić information content (AvgIpc) is 2.67. The fourth-order valence-electron chi connectivity index (χ4n) is 3.48. The molecule has 2 heterocycles. The van der Waals surface area contributed by atoms with Crippen molar-refractivity contribution in [3.63, 3.8) is 0 Å². The van der Waals surface area contributed by atoms with E-state index in [4.69, 9.17) is 9.47 Å². The number of hydrogen-bond donors (Lipinski definition) is 2. The number of nitrogens with zero attached hydrogens (tertiary/aromatic N) is 3. The van der Waals surface area contributed by atoms with Crippen LogP contribution in [0.5, 0.6) is 11.5 Å². The van der Waals surface area contributed by atoms with Gasteiger partial charge in [-0.15, -0.1) is 0 Å². The molecule has 2 aliphatic rings. The van der Waals surface area contributed by atoms with Gasteiger partial charge in [-0.05, 0) is 26.0 Å². The molecule has 29 heavy (non-hydrogen) atoms. The average molecular weight is 401 g/mol. The number of methoxy groups -OCH3 is 1. The van der Waals surface area contributed by atoms with Gasteiger partial charge in [0.2, 0.25) is 11.9 Å². The van der Waals surface area contributed by atoms with Crippen LogP contribution in [0.1, 0.15) is 25.5 Å². The molecule has 2 N–H and O–H groups in total. The van der Waals surface area contributed by atoms with Crippen molar-refractivity contribution in [1.82, 2.24) is 9.97 Å². The molecule has 1 aliphatic heterocycles. The molecule has 1 aliphatic carbocycles. The summed E-state index contributed by atoms with van der Waals surface area (Å²) in [6, 6.07) is 4.37. The molecular formula is C20H24FN5O3. The van der Waals surface area contributed by atoms with E-state index in [-0.39, 0.29) is 29.8 Å². The molecule has 0 radical (unpaired) electrons. The van der Waals surface area contributed by atoms with Crippen LogP contribution in [-0.4, -0.2) is 48.2 Å². The molecule has 1 aromatic heterocycles. The summed E-state index contributed by atoms with van der Waals surface area (Å²) >= 11 is 0. The van der Waals surface area contributed by atoms with E-state index in [1.165, 1.54) is 13.2 Å². The van der Waals surface area contributed by atoms with Crippen LogP contribution in [0.4, 0.5) is 21.8 Å². The number of ether oxygens (including phenoxy) is 2. The van der Waals surface area contributed by atoms with Gasteiger partial charge in [0.15, 0.2) is 17.4 Å². The number of aryl methyl sites for hydroxylation is 1.